The van der Waals surface area contributed by atoms with E-state index >= 15 is 0 Å². The normalized spacial score (nSPS) is 10.2. The van der Waals surface area contributed by atoms with E-state index in [1.165, 1.54) is 43.5 Å². The maximum Gasteiger partial charge on any atom is 0.338 e. The quantitative estimate of drug-likeness (QED) is 0.437. The highest BCUT2D eigenvalue weighted by atomic mass is 35.5. The van der Waals surface area contributed by atoms with Gasteiger partial charge in [0.1, 0.15) is 17.3 Å². The molecule has 0 aliphatic rings. The minimum absolute atomic E-state index is 0.144. The lowest BCUT2D eigenvalue weighted by molar-refractivity contribution is -0.119. The van der Waals surface area contributed by atoms with Crippen LogP contribution in [0.3, 0.4) is 0 Å². The van der Waals surface area contributed by atoms with Crippen molar-refractivity contribution in [3.63, 3.8) is 0 Å². The van der Waals surface area contributed by atoms with Crippen molar-refractivity contribution in [3.8, 4) is 11.5 Å². The first kappa shape index (κ1) is 24.5. The van der Waals surface area contributed by atoms with Crippen molar-refractivity contribution in [1.82, 2.24) is 0 Å². The van der Waals surface area contributed by atoms with E-state index in [1.54, 1.807) is 24.3 Å². The van der Waals surface area contributed by atoms with Crippen molar-refractivity contribution >= 4 is 40.8 Å². The second-order valence-corrected chi connectivity index (χ2v) is 7.25. The second kappa shape index (κ2) is 11.7. The van der Waals surface area contributed by atoms with E-state index in [-0.39, 0.29) is 28.8 Å². The van der Waals surface area contributed by atoms with Gasteiger partial charge in [0.25, 0.3) is 11.8 Å². The van der Waals surface area contributed by atoms with Crippen LogP contribution in [-0.4, -0.2) is 38.1 Å². The number of rotatable bonds is 9. The summed E-state index contributed by atoms with van der Waals surface area (Å²) >= 11 is 5.66. The third kappa shape index (κ3) is 7.21. The second-order valence-electron chi connectivity index (χ2n) is 6.85. The first-order valence-electron chi connectivity index (χ1n) is 9.93. The Balaban J connectivity index is 1.43. The van der Waals surface area contributed by atoms with Crippen molar-refractivity contribution in [2.24, 2.45) is 0 Å². The minimum atomic E-state index is -0.727. The number of carbonyl (C=O) groups is 3. The molecule has 2 N–H and O–H groups in total. The molecule has 0 saturated heterocycles. The summed E-state index contributed by atoms with van der Waals surface area (Å²) < 4.78 is 28.6. The molecule has 0 atom stereocenters. The molecule has 0 bridgehead atoms. The molecular weight excluding hydrogens is 467 g/mol. The zero-order chi connectivity index (χ0) is 24.5. The van der Waals surface area contributed by atoms with Crippen LogP contribution in [0.2, 0.25) is 5.02 Å². The zero-order valence-electron chi connectivity index (χ0n) is 18.0. The van der Waals surface area contributed by atoms with E-state index in [1.807, 2.05) is 0 Å². The van der Waals surface area contributed by atoms with Gasteiger partial charge in [0.05, 0.1) is 17.7 Å². The zero-order valence-corrected chi connectivity index (χ0v) is 18.7. The molecule has 3 rings (SSSR count). The topological polar surface area (TPSA) is 103 Å². The molecule has 8 nitrogen and oxygen atoms in total. The number of hydrogen-bond acceptors (Lipinski definition) is 6. The van der Waals surface area contributed by atoms with E-state index in [0.29, 0.717) is 17.2 Å². The van der Waals surface area contributed by atoms with Crippen LogP contribution in [-0.2, 0) is 14.3 Å². The lowest BCUT2D eigenvalue weighted by atomic mass is 10.2. The molecule has 0 fully saturated rings. The first-order chi connectivity index (χ1) is 16.3. The van der Waals surface area contributed by atoms with Crippen LogP contribution in [0.4, 0.5) is 15.8 Å². The number of anilines is 2. The van der Waals surface area contributed by atoms with Crippen LogP contribution < -0.4 is 20.1 Å². The minimum Gasteiger partial charge on any atom is -0.497 e. The van der Waals surface area contributed by atoms with Gasteiger partial charge < -0.3 is 24.8 Å². The number of hydrogen-bond donors (Lipinski definition) is 2. The molecule has 0 aromatic heterocycles. The summed E-state index contributed by atoms with van der Waals surface area (Å²) in [5.74, 6) is -1.35. The van der Waals surface area contributed by atoms with Gasteiger partial charge in [-0.1, -0.05) is 17.7 Å². The highest BCUT2D eigenvalue weighted by Gasteiger charge is 2.12. The first-order valence-corrected chi connectivity index (χ1v) is 10.3. The average molecular weight is 487 g/mol. The summed E-state index contributed by atoms with van der Waals surface area (Å²) in [6, 6.07) is 16.4. The fourth-order valence-electron chi connectivity index (χ4n) is 2.72. The van der Waals surface area contributed by atoms with Crippen LogP contribution in [0.25, 0.3) is 0 Å². The Hall–Kier alpha value is -4.11. The Morgan fingerprint density at radius 3 is 2.21 bits per heavy atom. The molecule has 2 amide bonds. The summed E-state index contributed by atoms with van der Waals surface area (Å²) in [5.41, 5.74) is 1.02. The van der Waals surface area contributed by atoms with E-state index < -0.39 is 24.3 Å². The third-order valence-electron chi connectivity index (χ3n) is 4.35. The van der Waals surface area contributed by atoms with Crippen LogP contribution in [0.1, 0.15) is 10.4 Å². The molecule has 3 aromatic carbocycles. The Morgan fingerprint density at radius 2 is 1.53 bits per heavy atom. The van der Waals surface area contributed by atoms with Crippen molar-refractivity contribution in [2.45, 2.75) is 0 Å². The summed E-state index contributed by atoms with van der Waals surface area (Å²) in [7, 11) is 1.53. The number of halogens is 2. The lowest BCUT2D eigenvalue weighted by Gasteiger charge is -2.09. The van der Waals surface area contributed by atoms with E-state index in [2.05, 4.69) is 10.6 Å². The van der Waals surface area contributed by atoms with Crippen molar-refractivity contribution < 1.29 is 33.0 Å². The number of amides is 2. The van der Waals surface area contributed by atoms with Gasteiger partial charge >= 0.3 is 5.97 Å². The van der Waals surface area contributed by atoms with E-state index in [4.69, 9.17) is 25.8 Å². The maximum atomic E-state index is 13.2. The van der Waals surface area contributed by atoms with Gasteiger partial charge in [0.15, 0.2) is 13.2 Å². The number of methoxy groups -OCH3 is 1. The number of esters is 1. The fraction of sp³-hybridized carbons (Fsp3) is 0.125. The van der Waals surface area contributed by atoms with Gasteiger partial charge in [-0.3, -0.25) is 9.59 Å². The predicted octanol–water partition coefficient (Wildman–Crippen LogP) is 4.30. The Bertz CT molecular complexity index is 1190. The van der Waals surface area contributed by atoms with Crippen LogP contribution in [0, 0.1) is 5.82 Å². The van der Waals surface area contributed by atoms with Crippen LogP contribution in [0.5, 0.6) is 11.5 Å². The molecule has 0 heterocycles. The van der Waals surface area contributed by atoms with Crippen molar-refractivity contribution in [3.05, 3.63) is 83.1 Å². The Labute approximate surface area is 199 Å². The van der Waals surface area contributed by atoms with Gasteiger partial charge in [-0.15, -0.1) is 0 Å². The molecule has 0 aliphatic heterocycles. The molecule has 0 spiro atoms. The highest BCUT2D eigenvalue weighted by molar-refractivity contribution is 6.31. The number of carbonyl (C=O) groups excluding carboxylic acids is 3. The SMILES string of the molecule is COc1cccc(NC(=O)COc2ccc(C(=O)OCC(=O)Nc3ccc(F)c(Cl)c3)cc2)c1. The Morgan fingerprint density at radius 1 is 0.853 bits per heavy atom. The molecule has 0 unspecified atom stereocenters. The van der Waals surface area contributed by atoms with Crippen molar-refractivity contribution in [1.29, 1.82) is 0 Å². The van der Waals surface area contributed by atoms with Crippen LogP contribution >= 0.6 is 11.6 Å². The smallest absolute Gasteiger partial charge is 0.338 e. The summed E-state index contributed by atoms with van der Waals surface area (Å²) in [6.07, 6.45) is 0. The summed E-state index contributed by atoms with van der Waals surface area (Å²) in [4.78, 5) is 36.1. The molecule has 3 aromatic rings. The highest BCUT2D eigenvalue weighted by Crippen LogP contribution is 2.20. The van der Waals surface area contributed by atoms with Gasteiger partial charge in [-0.05, 0) is 54.6 Å². The lowest BCUT2D eigenvalue weighted by Crippen LogP contribution is -2.21. The molecule has 0 saturated carbocycles. The van der Waals surface area contributed by atoms with E-state index in [9.17, 15) is 18.8 Å². The number of ether oxygens (including phenoxy) is 3. The average Bonchev–Trinajstić information content (AvgIpc) is 2.84. The molecule has 0 aliphatic carbocycles. The predicted molar refractivity (Wildman–Crippen MR) is 124 cm³/mol. The Kier molecular flexibility index (Phi) is 8.42. The van der Waals surface area contributed by atoms with E-state index in [0.717, 1.165) is 6.07 Å². The van der Waals surface area contributed by atoms with Crippen LogP contribution in [0.15, 0.2) is 66.7 Å². The summed E-state index contributed by atoms with van der Waals surface area (Å²) in [6.45, 7) is -0.787. The van der Waals surface area contributed by atoms with Crippen molar-refractivity contribution in [2.75, 3.05) is 31.0 Å². The van der Waals surface area contributed by atoms with Gasteiger partial charge in [-0.25, -0.2) is 9.18 Å². The molecule has 176 valence electrons. The van der Waals surface area contributed by atoms with Gasteiger partial charge in [-0.2, -0.15) is 0 Å². The number of benzene rings is 3. The molecule has 0 radical (unpaired) electrons. The fourth-order valence-corrected chi connectivity index (χ4v) is 2.90. The third-order valence-corrected chi connectivity index (χ3v) is 4.64. The standard InChI is InChI=1S/C24H20ClFN2O6/c1-32-19-4-2-3-16(11-19)27-22(29)13-33-18-8-5-15(6-9-18)24(31)34-14-23(30)28-17-7-10-21(26)20(25)12-17/h2-12H,13-14H2,1H3,(H,27,29)(H,28,30). The molecular formula is C24H20ClFN2O6. The largest absolute Gasteiger partial charge is 0.497 e. The van der Waals surface area contributed by atoms with Gasteiger partial charge in [0.2, 0.25) is 0 Å². The number of nitrogens with one attached hydrogen (secondary N) is 2. The monoisotopic (exact) mass is 486 g/mol. The molecule has 10 heteroatoms. The summed E-state index contributed by atoms with van der Waals surface area (Å²) in [5, 5.41) is 4.99. The maximum absolute atomic E-state index is 13.2. The molecule has 34 heavy (non-hydrogen) atoms. The van der Waals surface area contributed by atoms with Gasteiger partial charge in [0, 0.05) is 17.4 Å².